The van der Waals surface area contributed by atoms with Gasteiger partial charge >= 0.3 is 5.66 Å². The predicted octanol–water partition coefficient (Wildman–Crippen LogP) is 3.18. The fourth-order valence-electron chi connectivity index (χ4n) is 1.44. The van der Waals surface area contributed by atoms with Crippen molar-refractivity contribution >= 4 is 14.7 Å². The number of carbonyl (C=O) groups excluding carboxylic acids is 1. The second-order valence-electron chi connectivity index (χ2n) is 3.99. The topological polar surface area (TPSA) is 61.8 Å². The summed E-state index contributed by atoms with van der Waals surface area (Å²) in [6.45, 7) is 0.0623. The molecule has 1 rings (SSSR count). The quantitative estimate of drug-likeness (QED) is 0.376. The summed E-state index contributed by atoms with van der Waals surface area (Å²) in [4.78, 5) is 10.7. The van der Waals surface area contributed by atoms with Crippen molar-refractivity contribution < 1.29 is 32.4 Å². The van der Waals surface area contributed by atoms with Gasteiger partial charge in [-0.2, -0.15) is 8.78 Å². The monoisotopic (exact) mass is 320 g/mol. The molecule has 21 heavy (non-hydrogen) atoms. The molecule has 116 valence electrons. The van der Waals surface area contributed by atoms with Gasteiger partial charge in [-0.1, -0.05) is 0 Å². The van der Waals surface area contributed by atoms with E-state index in [2.05, 4.69) is 0 Å². The normalized spacial score (nSPS) is 11.4. The van der Waals surface area contributed by atoms with Crippen LogP contribution in [0.5, 0.6) is 11.5 Å². The van der Waals surface area contributed by atoms with Crippen molar-refractivity contribution in [2.75, 3.05) is 26.9 Å². The van der Waals surface area contributed by atoms with Gasteiger partial charge in [-0.05, 0) is 12.1 Å². The first-order valence-electron chi connectivity index (χ1n) is 6.08. The highest BCUT2D eigenvalue weighted by Crippen LogP contribution is 2.30. The molecule has 8 heteroatoms. The van der Waals surface area contributed by atoms with E-state index in [1.165, 1.54) is 7.11 Å². The predicted molar refractivity (Wildman–Crippen MR) is 71.9 cm³/mol. The van der Waals surface area contributed by atoms with Gasteiger partial charge in [0.1, 0.15) is 18.1 Å². The summed E-state index contributed by atoms with van der Waals surface area (Å²) in [5.41, 5.74) is -2.85. The minimum Gasteiger partial charge on any atom is -0.496 e. The lowest BCUT2D eigenvalue weighted by molar-refractivity contribution is 0.0303. The highest BCUT2D eigenvalue weighted by molar-refractivity contribution is 7.25. The van der Waals surface area contributed by atoms with Gasteiger partial charge in [0, 0.05) is 12.5 Å². The number of hydrogen-bond donors (Lipinski definition) is 0. The fourth-order valence-corrected chi connectivity index (χ4v) is 1.62. The van der Waals surface area contributed by atoms with Crippen LogP contribution in [0.1, 0.15) is 16.8 Å². The van der Waals surface area contributed by atoms with Gasteiger partial charge < -0.3 is 14.2 Å². The molecule has 0 spiro atoms. The molecule has 0 amide bonds. The van der Waals surface area contributed by atoms with E-state index in [9.17, 15) is 18.1 Å². The van der Waals surface area contributed by atoms with Crippen molar-refractivity contribution in [2.24, 2.45) is 0 Å². The number of aldehydes is 1. The van der Waals surface area contributed by atoms with Crippen LogP contribution in [0.4, 0.5) is 8.78 Å². The van der Waals surface area contributed by atoms with Crippen LogP contribution in [0.3, 0.4) is 0 Å². The second-order valence-corrected chi connectivity index (χ2v) is 4.83. The zero-order valence-electron chi connectivity index (χ0n) is 11.4. The number of benzene rings is 1. The first-order valence-corrected chi connectivity index (χ1v) is 6.89. The third kappa shape index (κ3) is 6.14. The van der Waals surface area contributed by atoms with Crippen molar-refractivity contribution in [1.29, 1.82) is 0 Å². The third-order valence-electron chi connectivity index (χ3n) is 2.51. The fraction of sp³-hybridized carbons (Fsp3) is 0.462. The van der Waals surface area contributed by atoms with Crippen LogP contribution in [-0.2, 0) is 9.30 Å². The molecule has 0 aliphatic heterocycles. The zero-order valence-corrected chi connectivity index (χ0v) is 12.3. The lowest BCUT2D eigenvalue weighted by Gasteiger charge is -2.10. The number of methoxy groups -OCH3 is 1. The second kappa shape index (κ2) is 8.64. The van der Waals surface area contributed by atoms with Crippen LogP contribution in [0.25, 0.3) is 0 Å². The molecule has 1 aromatic carbocycles. The lowest BCUT2D eigenvalue weighted by Crippen LogP contribution is -2.13. The number of hydrogen-bond acceptors (Lipinski definition) is 5. The Labute approximate surface area is 122 Å². The van der Waals surface area contributed by atoms with E-state index >= 15 is 0 Å². The van der Waals surface area contributed by atoms with Crippen LogP contribution in [0.15, 0.2) is 18.2 Å². The number of carbonyl (C=O) groups is 1. The molecule has 1 aromatic rings. The first kappa shape index (κ1) is 17.5. The van der Waals surface area contributed by atoms with Crippen molar-refractivity contribution in [1.82, 2.24) is 0 Å². The van der Waals surface area contributed by atoms with E-state index in [4.69, 9.17) is 14.2 Å². The zero-order chi connectivity index (χ0) is 15.7. The summed E-state index contributed by atoms with van der Waals surface area (Å²) in [5, 5.41) is 0. The maximum absolute atomic E-state index is 12.6. The Morgan fingerprint density at radius 1 is 1.29 bits per heavy atom. The van der Waals surface area contributed by atoms with E-state index in [1.54, 1.807) is 18.2 Å². The molecule has 0 saturated carbocycles. The summed E-state index contributed by atoms with van der Waals surface area (Å²) in [6, 6.07) is 4.70. The molecule has 0 fully saturated rings. The van der Waals surface area contributed by atoms with Crippen LogP contribution >= 0.6 is 8.46 Å². The summed E-state index contributed by atoms with van der Waals surface area (Å²) in [6.07, 6.45) is 0.0567. The molecule has 0 saturated heterocycles. The number of alkyl halides is 2. The van der Waals surface area contributed by atoms with Gasteiger partial charge in [-0.25, -0.2) is 0 Å². The van der Waals surface area contributed by atoms with E-state index in [1.807, 2.05) is 0 Å². The van der Waals surface area contributed by atoms with E-state index in [-0.39, 0.29) is 19.8 Å². The number of halogens is 2. The van der Waals surface area contributed by atoms with Gasteiger partial charge in [0.2, 0.25) is 8.46 Å². The Morgan fingerprint density at radius 2 is 2.05 bits per heavy atom. The highest BCUT2D eigenvalue weighted by atomic mass is 31.1. The Morgan fingerprint density at radius 3 is 2.67 bits per heavy atom. The molecule has 0 aliphatic carbocycles. The first-order chi connectivity index (χ1) is 10.0. The summed E-state index contributed by atoms with van der Waals surface area (Å²) in [7, 11) is 0.232. The van der Waals surface area contributed by atoms with E-state index in [0.717, 1.165) is 0 Å². The standard InChI is InChI=1S/C13H15F2O5P/c1-18-12-8-11(3-2-10(12)9-16)20-7-6-19-5-4-13(14,15)21-17/h2-3,8-9H,4-7H2,1H3. The van der Waals surface area contributed by atoms with E-state index in [0.29, 0.717) is 23.3 Å². The summed E-state index contributed by atoms with van der Waals surface area (Å²) < 4.78 is 50.6. The largest absolute Gasteiger partial charge is 0.496 e. The molecule has 0 radical (unpaired) electrons. The van der Waals surface area contributed by atoms with Gasteiger partial charge in [0.25, 0.3) is 0 Å². The summed E-state index contributed by atoms with van der Waals surface area (Å²) >= 11 is 0. The minimum atomic E-state index is -3.25. The average molecular weight is 320 g/mol. The maximum atomic E-state index is 12.6. The van der Waals surface area contributed by atoms with Crippen LogP contribution < -0.4 is 9.47 Å². The molecule has 0 heterocycles. The van der Waals surface area contributed by atoms with Crippen LogP contribution in [-0.4, -0.2) is 38.9 Å². The molecule has 0 atom stereocenters. The van der Waals surface area contributed by atoms with Crippen molar-refractivity contribution in [3.05, 3.63) is 23.8 Å². The molecular weight excluding hydrogens is 305 g/mol. The highest BCUT2D eigenvalue weighted by Gasteiger charge is 2.28. The number of rotatable bonds is 10. The Kier molecular flexibility index (Phi) is 7.19. The van der Waals surface area contributed by atoms with Crippen molar-refractivity contribution in [2.45, 2.75) is 12.1 Å². The van der Waals surface area contributed by atoms with Crippen LogP contribution in [0.2, 0.25) is 0 Å². The van der Waals surface area contributed by atoms with E-state index < -0.39 is 20.5 Å². The Bertz CT molecular complexity index is 482. The van der Waals surface area contributed by atoms with Gasteiger partial charge in [-0.15, -0.1) is 0 Å². The minimum absolute atomic E-state index is 0.115. The van der Waals surface area contributed by atoms with Gasteiger partial charge in [0.15, 0.2) is 6.29 Å². The van der Waals surface area contributed by atoms with Gasteiger partial charge in [-0.3, -0.25) is 9.36 Å². The van der Waals surface area contributed by atoms with Gasteiger partial charge in [0.05, 0.1) is 25.9 Å². The molecular formula is C13H15F2O5P. The maximum Gasteiger partial charge on any atom is 0.327 e. The molecule has 0 bridgehead atoms. The molecule has 0 aliphatic rings. The van der Waals surface area contributed by atoms with Crippen LogP contribution in [0, 0.1) is 0 Å². The SMILES string of the molecule is COc1cc(OCCOCCC(F)(F)P=O)ccc1C=O. The third-order valence-corrected chi connectivity index (χ3v) is 3.00. The van der Waals surface area contributed by atoms with Crippen molar-refractivity contribution in [3.8, 4) is 11.5 Å². The molecule has 0 unspecified atom stereocenters. The van der Waals surface area contributed by atoms with Crippen molar-refractivity contribution in [3.63, 3.8) is 0 Å². The Hall–Kier alpha value is -1.59. The number of ether oxygens (including phenoxy) is 3. The lowest BCUT2D eigenvalue weighted by atomic mass is 10.2. The Balaban J connectivity index is 2.30. The summed E-state index contributed by atoms with van der Waals surface area (Å²) in [5.74, 6) is 0.863. The molecule has 0 N–H and O–H groups in total. The average Bonchev–Trinajstić information content (AvgIpc) is 2.50. The smallest absolute Gasteiger partial charge is 0.327 e. The molecule has 5 nitrogen and oxygen atoms in total. The molecule has 0 aromatic heterocycles.